The molecule has 24 heavy (non-hydrogen) atoms. The third kappa shape index (κ3) is 4.34. The maximum absolute atomic E-state index is 12.6. The first-order chi connectivity index (χ1) is 11.3. The van der Waals surface area contributed by atoms with Gasteiger partial charge in [-0.25, -0.2) is 8.42 Å². The number of nitrogens with one attached hydrogen (secondary N) is 1. The smallest absolute Gasteiger partial charge is 0.251 e. The van der Waals surface area contributed by atoms with E-state index in [0.29, 0.717) is 38.0 Å². The van der Waals surface area contributed by atoms with Crippen molar-refractivity contribution in [1.29, 1.82) is 0 Å². The van der Waals surface area contributed by atoms with E-state index in [1.165, 1.54) is 16.4 Å². The molecule has 0 bridgehead atoms. The SMILES string of the molecule is CCN(CC)S(=O)(=O)c1cccc(C(=O)NC(CC)(CC)CN)c1. The topological polar surface area (TPSA) is 92.5 Å². The number of amides is 1. The Bertz CT molecular complexity index is 643. The molecule has 0 aromatic heterocycles. The molecule has 1 aromatic carbocycles. The lowest BCUT2D eigenvalue weighted by molar-refractivity contribution is 0.0895. The highest BCUT2D eigenvalue weighted by Crippen LogP contribution is 2.19. The molecule has 1 aromatic rings. The molecule has 0 spiro atoms. The highest BCUT2D eigenvalue weighted by atomic mass is 32.2. The zero-order chi connectivity index (χ0) is 18.4. The molecule has 3 N–H and O–H groups in total. The molecule has 0 aliphatic rings. The molecule has 1 amide bonds. The standard InChI is InChI=1S/C17H29N3O3S/c1-5-17(6-2,13-18)19-16(21)14-10-9-11-15(12-14)24(22,23)20(7-3)8-4/h9-12H,5-8,13,18H2,1-4H3,(H,19,21). The van der Waals surface area contributed by atoms with Gasteiger partial charge < -0.3 is 11.1 Å². The Hall–Kier alpha value is -1.44. The van der Waals surface area contributed by atoms with Crippen LogP contribution in [0.3, 0.4) is 0 Å². The van der Waals surface area contributed by atoms with E-state index in [-0.39, 0.29) is 10.8 Å². The average molecular weight is 356 g/mol. The Kier molecular flexibility index (Phi) is 7.38. The second kappa shape index (κ2) is 8.60. The summed E-state index contributed by atoms with van der Waals surface area (Å²) in [7, 11) is -3.59. The highest BCUT2D eigenvalue weighted by Gasteiger charge is 2.28. The van der Waals surface area contributed by atoms with Crippen molar-refractivity contribution < 1.29 is 13.2 Å². The van der Waals surface area contributed by atoms with Gasteiger partial charge in [0.2, 0.25) is 10.0 Å². The fourth-order valence-electron chi connectivity index (χ4n) is 2.59. The van der Waals surface area contributed by atoms with Crippen molar-refractivity contribution >= 4 is 15.9 Å². The number of sulfonamides is 1. The molecule has 136 valence electrons. The fourth-order valence-corrected chi connectivity index (χ4v) is 4.09. The maximum atomic E-state index is 12.6. The van der Waals surface area contributed by atoms with Crippen LogP contribution in [-0.2, 0) is 10.0 Å². The maximum Gasteiger partial charge on any atom is 0.251 e. The number of rotatable bonds is 9. The summed E-state index contributed by atoms with van der Waals surface area (Å²) in [6, 6.07) is 6.15. The van der Waals surface area contributed by atoms with Gasteiger partial charge in [-0.3, -0.25) is 4.79 Å². The zero-order valence-electron chi connectivity index (χ0n) is 15.0. The Morgan fingerprint density at radius 1 is 1.17 bits per heavy atom. The number of hydrogen-bond donors (Lipinski definition) is 2. The Balaban J connectivity index is 3.15. The fraction of sp³-hybridized carbons (Fsp3) is 0.588. The van der Waals surface area contributed by atoms with Crippen molar-refractivity contribution in [3.05, 3.63) is 29.8 Å². The van der Waals surface area contributed by atoms with Gasteiger partial charge in [-0.1, -0.05) is 33.8 Å². The van der Waals surface area contributed by atoms with E-state index in [0.717, 1.165) is 0 Å². The van der Waals surface area contributed by atoms with Crippen LogP contribution in [0.5, 0.6) is 0 Å². The summed E-state index contributed by atoms with van der Waals surface area (Å²) < 4.78 is 26.6. The van der Waals surface area contributed by atoms with E-state index in [2.05, 4.69) is 5.32 Å². The zero-order valence-corrected chi connectivity index (χ0v) is 15.8. The molecule has 0 saturated heterocycles. The predicted octanol–water partition coefficient (Wildman–Crippen LogP) is 1.96. The molecule has 7 heteroatoms. The van der Waals surface area contributed by atoms with Gasteiger partial charge in [-0.05, 0) is 31.0 Å². The Labute approximate surface area is 145 Å². The van der Waals surface area contributed by atoms with E-state index in [9.17, 15) is 13.2 Å². The molecule has 0 atom stereocenters. The minimum atomic E-state index is -3.59. The van der Waals surface area contributed by atoms with Crippen molar-refractivity contribution in [3.8, 4) is 0 Å². The van der Waals surface area contributed by atoms with Gasteiger partial charge in [0.25, 0.3) is 5.91 Å². The van der Waals surface area contributed by atoms with Crippen LogP contribution in [0.2, 0.25) is 0 Å². The van der Waals surface area contributed by atoms with E-state index < -0.39 is 15.6 Å². The molecule has 0 fully saturated rings. The van der Waals surface area contributed by atoms with Crippen molar-refractivity contribution in [1.82, 2.24) is 9.62 Å². The summed E-state index contributed by atoms with van der Waals surface area (Å²) in [5, 5.41) is 2.96. The van der Waals surface area contributed by atoms with Crippen molar-refractivity contribution in [2.24, 2.45) is 5.73 Å². The number of nitrogens with zero attached hydrogens (tertiary/aromatic N) is 1. The Morgan fingerprint density at radius 2 is 1.75 bits per heavy atom. The first-order valence-electron chi connectivity index (χ1n) is 8.43. The van der Waals surface area contributed by atoms with E-state index in [4.69, 9.17) is 5.73 Å². The first-order valence-corrected chi connectivity index (χ1v) is 9.87. The second-order valence-electron chi connectivity index (χ2n) is 5.76. The van der Waals surface area contributed by atoms with Crippen LogP contribution in [0.1, 0.15) is 50.9 Å². The number of benzene rings is 1. The summed E-state index contributed by atoms with van der Waals surface area (Å²) in [6.07, 6.45) is 1.42. The van der Waals surface area contributed by atoms with Gasteiger partial charge in [0, 0.05) is 25.2 Å². The van der Waals surface area contributed by atoms with Crippen molar-refractivity contribution in [2.75, 3.05) is 19.6 Å². The highest BCUT2D eigenvalue weighted by molar-refractivity contribution is 7.89. The quantitative estimate of drug-likeness (QED) is 0.708. The minimum absolute atomic E-state index is 0.130. The molecule has 0 heterocycles. The lowest BCUT2D eigenvalue weighted by Gasteiger charge is -2.31. The van der Waals surface area contributed by atoms with Crippen molar-refractivity contribution in [2.45, 2.75) is 51.0 Å². The van der Waals surface area contributed by atoms with Gasteiger partial charge in [-0.15, -0.1) is 0 Å². The molecular formula is C17H29N3O3S. The van der Waals surface area contributed by atoms with Crippen LogP contribution in [0.4, 0.5) is 0 Å². The molecule has 0 aliphatic carbocycles. The van der Waals surface area contributed by atoms with E-state index in [1.807, 2.05) is 13.8 Å². The van der Waals surface area contributed by atoms with Crippen LogP contribution in [0.15, 0.2) is 29.2 Å². The van der Waals surface area contributed by atoms with Crippen LogP contribution < -0.4 is 11.1 Å². The summed E-state index contributed by atoms with van der Waals surface area (Å²) in [6.45, 7) is 8.62. The second-order valence-corrected chi connectivity index (χ2v) is 7.70. The van der Waals surface area contributed by atoms with Gasteiger partial charge in [0.15, 0.2) is 0 Å². The third-order valence-corrected chi connectivity index (χ3v) is 6.61. The first kappa shape index (κ1) is 20.6. The average Bonchev–Trinajstić information content (AvgIpc) is 2.60. The Morgan fingerprint density at radius 3 is 2.21 bits per heavy atom. The molecule has 6 nitrogen and oxygen atoms in total. The molecule has 0 aliphatic heterocycles. The number of carbonyl (C=O) groups is 1. The summed E-state index contributed by atoms with van der Waals surface area (Å²) >= 11 is 0. The summed E-state index contributed by atoms with van der Waals surface area (Å²) in [5.74, 6) is -0.305. The number of nitrogens with two attached hydrogens (primary N) is 1. The number of carbonyl (C=O) groups excluding carboxylic acids is 1. The molecule has 0 unspecified atom stereocenters. The van der Waals surface area contributed by atoms with Crippen LogP contribution >= 0.6 is 0 Å². The monoisotopic (exact) mass is 355 g/mol. The normalized spacial score (nSPS) is 12.4. The summed E-state index contributed by atoms with van der Waals surface area (Å²) in [5.41, 5.74) is 5.67. The predicted molar refractivity (Wildman–Crippen MR) is 96.4 cm³/mol. The molecule has 0 radical (unpaired) electrons. The van der Waals surface area contributed by atoms with Gasteiger partial charge in [0.1, 0.15) is 0 Å². The lowest BCUT2D eigenvalue weighted by atomic mass is 9.92. The third-order valence-electron chi connectivity index (χ3n) is 4.56. The number of hydrogen-bond acceptors (Lipinski definition) is 4. The molecular weight excluding hydrogens is 326 g/mol. The van der Waals surface area contributed by atoms with Crippen LogP contribution in [0.25, 0.3) is 0 Å². The van der Waals surface area contributed by atoms with Crippen LogP contribution in [-0.4, -0.2) is 43.8 Å². The largest absolute Gasteiger partial charge is 0.345 e. The molecule has 1 rings (SSSR count). The van der Waals surface area contributed by atoms with Gasteiger partial charge >= 0.3 is 0 Å². The van der Waals surface area contributed by atoms with E-state index in [1.54, 1.807) is 26.0 Å². The van der Waals surface area contributed by atoms with E-state index >= 15 is 0 Å². The van der Waals surface area contributed by atoms with Crippen molar-refractivity contribution in [3.63, 3.8) is 0 Å². The van der Waals surface area contributed by atoms with Gasteiger partial charge in [-0.2, -0.15) is 4.31 Å². The molecule has 0 saturated carbocycles. The van der Waals surface area contributed by atoms with Gasteiger partial charge in [0.05, 0.1) is 10.4 Å². The summed E-state index contributed by atoms with van der Waals surface area (Å²) in [4.78, 5) is 12.7. The lowest BCUT2D eigenvalue weighted by Crippen LogP contribution is -2.52. The minimum Gasteiger partial charge on any atom is -0.345 e. The van der Waals surface area contributed by atoms with Crippen LogP contribution in [0, 0.1) is 0 Å².